The SMILES string of the molecule is Cc1cccc(N2CCN(C(=O)NCc3cccc(Br)c3)CC2)c1C.Cl. The van der Waals surface area contributed by atoms with Crippen molar-refractivity contribution < 1.29 is 4.79 Å². The van der Waals surface area contributed by atoms with E-state index in [1.165, 1.54) is 16.8 Å². The molecule has 1 aliphatic rings. The first-order valence-corrected chi connectivity index (χ1v) is 9.42. The monoisotopic (exact) mass is 437 g/mol. The normalized spacial score (nSPS) is 14.0. The lowest BCUT2D eigenvalue weighted by atomic mass is 10.1. The molecule has 2 aromatic carbocycles. The summed E-state index contributed by atoms with van der Waals surface area (Å²) in [4.78, 5) is 16.7. The zero-order valence-corrected chi connectivity index (χ0v) is 17.6. The Labute approximate surface area is 170 Å². The molecule has 0 spiro atoms. The zero-order chi connectivity index (χ0) is 17.8. The quantitative estimate of drug-likeness (QED) is 0.765. The van der Waals surface area contributed by atoms with E-state index in [2.05, 4.69) is 58.2 Å². The smallest absolute Gasteiger partial charge is 0.317 e. The number of nitrogens with zero attached hydrogens (tertiary/aromatic N) is 2. The number of carbonyl (C=O) groups excluding carboxylic acids is 1. The number of hydrogen-bond donors (Lipinski definition) is 1. The number of carbonyl (C=O) groups is 1. The number of hydrogen-bond acceptors (Lipinski definition) is 2. The molecule has 26 heavy (non-hydrogen) atoms. The van der Waals surface area contributed by atoms with Crippen molar-refractivity contribution in [3.05, 3.63) is 63.6 Å². The zero-order valence-electron chi connectivity index (χ0n) is 15.2. The predicted molar refractivity (Wildman–Crippen MR) is 113 cm³/mol. The van der Waals surface area contributed by atoms with Crippen molar-refractivity contribution in [3.63, 3.8) is 0 Å². The summed E-state index contributed by atoms with van der Waals surface area (Å²) in [5, 5.41) is 3.02. The van der Waals surface area contributed by atoms with E-state index in [0.29, 0.717) is 6.54 Å². The van der Waals surface area contributed by atoms with Crippen LogP contribution in [0.15, 0.2) is 46.9 Å². The molecule has 1 heterocycles. The van der Waals surface area contributed by atoms with E-state index < -0.39 is 0 Å². The molecule has 0 saturated carbocycles. The molecular weight excluding hydrogens is 414 g/mol. The summed E-state index contributed by atoms with van der Waals surface area (Å²) in [6.07, 6.45) is 0. The predicted octanol–water partition coefficient (Wildman–Crippen LogP) is 4.52. The van der Waals surface area contributed by atoms with Crippen molar-refractivity contribution in [1.29, 1.82) is 0 Å². The first-order chi connectivity index (χ1) is 12.0. The van der Waals surface area contributed by atoms with Gasteiger partial charge in [-0.15, -0.1) is 12.4 Å². The van der Waals surface area contributed by atoms with E-state index in [9.17, 15) is 4.79 Å². The summed E-state index contributed by atoms with van der Waals surface area (Å²) in [5.41, 5.74) is 5.02. The van der Waals surface area contributed by atoms with Crippen LogP contribution in [0.5, 0.6) is 0 Å². The van der Waals surface area contributed by atoms with Crippen LogP contribution in [0.4, 0.5) is 10.5 Å². The summed E-state index contributed by atoms with van der Waals surface area (Å²) < 4.78 is 1.03. The first-order valence-electron chi connectivity index (χ1n) is 8.63. The molecule has 0 bridgehead atoms. The van der Waals surface area contributed by atoms with Gasteiger partial charge < -0.3 is 15.1 Å². The van der Waals surface area contributed by atoms with E-state index in [4.69, 9.17) is 0 Å². The maximum absolute atomic E-state index is 12.4. The Hall–Kier alpha value is -1.72. The van der Waals surface area contributed by atoms with Crippen molar-refractivity contribution in [2.24, 2.45) is 0 Å². The molecule has 0 atom stereocenters. The van der Waals surface area contributed by atoms with Gasteiger partial charge in [0.2, 0.25) is 0 Å². The number of aryl methyl sites for hydroxylation is 1. The van der Waals surface area contributed by atoms with Gasteiger partial charge in [0.05, 0.1) is 0 Å². The third-order valence-corrected chi connectivity index (χ3v) is 5.31. The van der Waals surface area contributed by atoms with Gasteiger partial charge in [-0.1, -0.05) is 40.2 Å². The van der Waals surface area contributed by atoms with E-state index in [0.717, 1.165) is 36.2 Å². The number of urea groups is 1. The Morgan fingerprint density at radius 1 is 1.08 bits per heavy atom. The van der Waals surface area contributed by atoms with Crippen molar-refractivity contribution in [3.8, 4) is 0 Å². The molecule has 1 saturated heterocycles. The van der Waals surface area contributed by atoms with Crippen LogP contribution < -0.4 is 10.2 Å². The Balaban J connectivity index is 0.00000243. The molecule has 4 nitrogen and oxygen atoms in total. The lowest BCUT2D eigenvalue weighted by molar-refractivity contribution is 0.194. The summed E-state index contributed by atoms with van der Waals surface area (Å²) in [6, 6.07) is 14.4. The highest BCUT2D eigenvalue weighted by Gasteiger charge is 2.22. The Kier molecular flexibility index (Phi) is 7.35. The van der Waals surface area contributed by atoms with Gasteiger partial charge in [-0.25, -0.2) is 4.79 Å². The summed E-state index contributed by atoms with van der Waals surface area (Å²) in [5.74, 6) is 0. The van der Waals surface area contributed by atoms with Gasteiger partial charge in [0.1, 0.15) is 0 Å². The molecule has 0 aromatic heterocycles. The van der Waals surface area contributed by atoms with E-state index in [-0.39, 0.29) is 18.4 Å². The molecule has 140 valence electrons. The fourth-order valence-corrected chi connectivity index (χ4v) is 3.61. The van der Waals surface area contributed by atoms with Crippen LogP contribution in [0.1, 0.15) is 16.7 Å². The average molecular weight is 439 g/mol. The number of halogens is 2. The van der Waals surface area contributed by atoms with Crippen LogP contribution in [0.2, 0.25) is 0 Å². The molecule has 0 aliphatic carbocycles. The van der Waals surface area contributed by atoms with E-state index in [1.807, 2.05) is 29.2 Å². The van der Waals surface area contributed by atoms with Gasteiger partial charge in [0.25, 0.3) is 0 Å². The molecule has 2 amide bonds. The first kappa shape index (κ1) is 20.6. The fourth-order valence-electron chi connectivity index (χ4n) is 3.17. The van der Waals surface area contributed by atoms with Crippen LogP contribution in [0, 0.1) is 13.8 Å². The summed E-state index contributed by atoms with van der Waals surface area (Å²) >= 11 is 3.46. The van der Waals surface area contributed by atoms with Crippen molar-refractivity contribution >= 4 is 40.1 Å². The maximum atomic E-state index is 12.4. The number of benzene rings is 2. The molecule has 1 aliphatic heterocycles. The number of rotatable bonds is 3. The molecule has 2 aromatic rings. The second-order valence-electron chi connectivity index (χ2n) is 6.48. The minimum atomic E-state index is 0. The third kappa shape index (κ3) is 4.92. The van der Waals surface area contributed by atoms with Gasteiger partial charge in [-0.05, 0) is 48.7 Å². The van der Waals surface area contributed by atoms with Gasteiger partial charge in [0, 0.05) is 42.9 Å². The summed E-state index contributed by atoms with van der Waals surface area (Å²) in [7, 11) is 0. The highest BCUT2D eigenvalue weighted by molar-refractivity contribution is 9.10. The molecule has 6 heteroatoms. The molecule has 1 N–H and O–H groups in total. The number of nitrogens with one attached hydrogen (secondary N) is 1. The van der Waals surface area contributed by atoms with Gasteiger partial charge in [-0.2, -0.15) is 0 Å². The van der Waals surface area contributed by atoms with E-state index >= 15 is 0 Å². The largest absolute Gasteiger partial charge is 0.368 e. The Morgan fingerprint density at radius 2 is 1.77 bits per heavy atom. The lowest BCUT2D eigenvalue weighted by Crippen LogP contribution is -2.51. The van der Waals surface area contributed by atoms with Crippen LogP contribution in [-0.4, -0.2) is 37.1 Å². The van der Waals surface area contributed by atoms with Crippen molar-refractivity contribution in [2.45, 2.75) is 20.4 Å². The average Bonchev–Trinajstić information content (AvgIpc) is 2.62. The standard InChI is InChI=1S/C20H24BrN3O.ClH/c1-15-5-3-8-19(16(15)2)23-9-11-24(12-10-23)20(25)22-14-17-6-4-7-18(21)13-17;/h3-8,13H,9-12,14H2,1-2H3,(H,22,25);1H. The van der Waals surface area contributed by atoms with Gasteiger partial charge in [-0.3, -0.25) is 0 Å². The highest BCUT2D eigenvalue weighted by Crippen LogP contribution is 2.23. The molecule has 1 fully saturated rings. The van der Waals surface area contributed by atoms with Crippen LogP contribution >= 0.6 is 28.3 Å². The Morgan fingerprint density at radius 3 is 2.46 bits per heavy atom. The van der Waals surface area contributed by atoms with Gasteiger partial charge in [0.15, 0.2) is 0 Å². The van der Waals surface area contributed by atoms with Crippen molar-refractivity contribution in [1.82, 2.24) is 10.2 Å². The highest BCUT2D eigenvalue weighted by atomic mass is 79.9. The molecule has 3 rings (SSSR count). The van der Waals surface area contributed by atoms with Gasteiger partial charge >= 0.3 is 6.03 Å². The maximum Gasteiger partial charge on any atom is 0.317 e. The second kappa shape index (κ2) is 9.28. The third-order valence-electron chi connectivity index (χ3n) is 4.82. The molecular formula is C20H25BrClN3O. The van der Waals surface area contributed by atoms with E-state index in [1.54, 1.807) is 0 Å². The number of piperazine rings is 1. The van der Waals surface area contributed by atoms with Crippen LogP contribution in [-0.2, 0) is 6.54 Å². The van der Waals surface area contributed by atoms with Crippen LogP contribution in [0.25, 0.3) is 0 Å². The summed E-state index contributed by atoms with van der Waals surface area (Å²) in [6.45, 7) is 8.10. The minimum Gasteiger partial charge on any atom is -0.368 e. The lowest BCUT2D eigenvalue weighted by Gasteiger charge is -2.37. The number of amides is 2. The molecule has 0 radical (unpaired) electrons. The second-order valence-corrected chi connectivity index (χ2v) is 7.40. The van der Waals surface area contributed by atoms with Crippen molar-refractivity contribution in [2.75, 3.05) is 31.1 Å². The minimum absolute atomic E-state index is 0. The topological polar surface area (TPSA) is 35.6 Å². The fraction of sp³-hybridized carbons (Fsp3) is 0.350. The Bertz CT molecular complexity index is 760. The number of anilines is 1. The van der Waals surface area contributed by atoms with Crippen LogP contribution in [0.3, 0.4) is 0 Å². The molecule has 0 unspecified atom stereocenters.